The number of likely N-dealkylation sites (tertiary alicyclic amines) is 1. The van der Waals surface area contributed by atoms with Crippen molar-refractivity contribution >= 4 is 30.7 Å². The molecule has 1 fully saturated rings. The van der Waals surface area contributed by atoms with Crippen LogP contribution in [0.25, 0.3) is 0 Å². The highest BCUT2D eigenvalue weighted by Gasteiger charge is 2.10. The Kier molecular flexibility index (Phi) is 17.1. The van der Waals surface area contributed by atoms with Gasteiger partial charge >= 0.3 is 0 Å². The lowest BCUT2D eigenvalue weighted by molar-refractivity contribution is -0.121. The van der Waals surface area contributed by atoms with Crippen molar-refractivity contribution in [2.45, 2.75) is 51.4 Å². The number of unbranched alkanes of at least 4 members (excludes halogenated alkanes) is 3. The van der Waals surface area contributed by atoms with Crippen molar-refractivity contribution < 1.29 is 4.79 Å². The van der Waals surface area contributed by atoms with E-state index in [0.717, 1.165) is 51.7 Å². The van der Waals surface area contributed by atoms with Gasteiger partial charge in [-0.05, 0) is 58.3 Å². The summed E-state index contributed by atoms with van der Waals surface area (Å²) in [5, 5.41) is 3.01. The fourth-order valence-electron chi connectivity index (χ4n) is 2.41. The molecule has 4 nitrogen and oxygen atoms in total. The highest BCUT2D eigenvalue weighted by atomic mass is 35.5. The fourth-order valence-corrected chi connectivity index (χ4v) is 2.41. The smallest absolute Gasteiger partial charge is 0.219 e. The minimum Gasteiger partial charge on any atom is -0.356 e. The van der Waals surface area contributed by atoms with Gasteiger partial charge in [-0.15, -0.1) is 24.8 Å². The predicted molar refractivity (Wildman–Crippen MR) is 89.9 cm³/mol. The zero-order valence-corrected chi connectivity index (χ0v) is 14.1. The summed E-state index contributed by atoms with van der Waals surface area (Å²) in [4.78, 5) is 14.0. The minimum atomic E-state index is 0. The molecular formula is C14H31Cl2N3O. The summed E-state index contributed by atoms with van der Waals surface area (Å²) in [7, 11) is 0. The number of rotatable bonds is 10. The number of carbonyl (C=O) groups excluding carboxylic acids is 1. The fraction of sp³-hybridized carbons (Fsp3) is 0.929. The average molecular weight is 328 g/mol. The molecule has 1 saturated heterocycles. The minimum absolute atomic E-state index is 0. The molecule has 0 spiro atoms. The van der Waals surface area contributed by atoms with Crippen LogP contribution < -0.4 is 11.1 Å². The molecule has 1 aliphatic rings. The van der Waals surface area contributed by atoms with E-state index < -0.39 is 0 Å². The summed E-state index contributed by atoms with van der Waals surface area (Å²) in [6, 6.07) is 0. The van der Waals surface area contributed by atoms with Crippen molar-refractivity contribution in [2.24, 2.45) is 5.73 Å². The molecule has 0 aliphatic carbocycles. The Morgan fingerprint density at radius 3 is 2.30 bits per heavy atom. The van der Waals surface area contributed by atoms with Gasteiger partial charge in [0.05, 0.1) is 0 Å². The summed E-state index contributed by atoms with van der Waals surface area (Å²) in [5.41, 5.74) is 5.42. The molecule has 6 heteroatoms. The molecule has 0 aromatic rings. The normalized spacial score (nSPS) is 14.4. The molecular weight excluding hydrogens is 297 g/mol. The van der Waals surface area contributed by atoms with Gasteiger partial charge < -0.3 is 16.0 Å². The zero-order valence-electron chi connectivity index (χ0n) is 12.4. The van der Waals surface area contributed by atoms with E-state index >= 15 is 0 Å². The van der Waals surface area contributed by atoms with Gasteiger partial charge in [0.1, 0.15) is 0 Å². The number of hydrogen-bond donors (Lipinski definition) is 2. The van der Waals surface area contributed by atoms with E-state index in [2.05, 4.69) is 10.2 Å². The van der Waals surface area contributed by atoms with Crippen LogP contribution in [0.3, 0.4) is 0 Å². The molecule has 20 heavy (non-hydrogen) atoms. The second-order valence-corrected chi connectivity index (χ2v) is 5.21. The Morgan fingerprint density at radius 1 is 1.00 bits per heavy atom. The third-order valence-electron chi connectivity index (χ3n) is 3.53. The first-order valence-corrected chi connectivity index (χ1v) is 7.52. The van der Waals surface area contributed by atoms with Crippen LogP contribution in [0.15, 0.2) is 0 Å². The molecule has 1 aliphatic heterocycles. The van der Waals surface area contributed by atoms with Crippen molar-refractivity contribution in [2.75, 3.05) is 32.7 Å². The first-order valence-electron chi connectivity index (χ1n) is 7.52. The van der Waals surface area contributed by atoms with Crippen molar-refractivity contribution in [3.63, 3.8) is 0 Å². The maximum atomic E-state index is 11.5. The van der Waals surface area contributed by atoms with E-state index in [1.165, 1.54) is 25.9 Å². The number of amides is 1. The molecule has 0 atom stereocenters. The van der Waals surface area contributed by atoms with Gasteiger partial charge in [-0.3, -0.25) is 4.79 Å². The Labute approximate surface area is 136 Å². The monoisotopic (exact) mass is 327 g/mol. The number of hydrogen-bond acceptors (Lipinski definition) is 3. The van der Waals surface area contributed by atoms with E-state index in [4.69, 9.17) is 5.73 Å². The van der Waals surface area contributed by atoms with E-state index in [0.29, 0.717) is 6.42 Å². The lowest BCUT2D eigenvalue weighted by Crippen LogP contribution is -2.28. The maximum Gasteiger partial charge on any atom is 0.219 e. The molecule has 1 amide bonds. The highest BCUT2D eigenvalue weighted by molar-refractivity contribution is 5.85. The lowest BCUT2D eigenvalue weighted by atomic mass is 10.1. The molecule has 0 aromatic carbocycles. The molecule has 122 valence electrons. The van der Waals surface area contributed by atoms with Gasteiger partial charge in [0.15, 0.2) is 0 Å². The quantitative estimate of drug-likeness (QED) is 0.605. The van der Waals surface area contributed by atoms with Crippen LogP contribution in [0.4, 0.5) is 0 Å². The van der Waals surface area contributed by atoms with E-state index in [1.54, 1.807) is 0 Å². The third kappa shape index (κ3) is 11.8. The predicted octanol–water partition coefficient (Wildman–Crippen LogP) is 2.34. The van der Waals surface area contributed by atoms with Crippen LogP contribution in [0.5, 0.6) is 0 Å². The molecule has 0 saturated carbocycles. The third-order valence-corrected chi connectivity index (χ3v) is 3.53. The molecule has 0 bridgehead atoms. The van der Waals surface area contributed by atoms with Gasteiger partial charge in [0.2, 0.25) is 5.91 Å². The first kappa shape index (κ1) is 22.3. The number of halogens is 2. The summed E-state index contributed by atoms with van der Waals surface area (Å²) < 4.78 is 0. The average Bonchev–Trinajstić information content (AvgIpc) is 2.87. The summed E-state index contributed by atoms with van der Waals surface area (Å²) >= 11 is 0. The molecule has 0 unspecified atom stereocenters. The van der Waals surface area contributed by atoms with Crippen LogP contribution in [-0.2, 0) is 4.79 Å². The van der Waals surface area contributed by atoms with Crippen molar-refractivity contribution in [1.29, 1.82) is 0 Å². The summed E-state index contributed by atoms with van der Waals surface area (Å²) in [5.74, 6) is 0.212. The summed E-state index contributed by atoms with van der Waals surface area (Å²) in [6.07, 6.45) is 8.80. The standard InChI is InChI=1S/C14H29N3O.2ClH/c15-9-4-2-1-3-8-14(18)16-10-7-13-17-11-5-6-12-17;;/h1-13,15H2,(H,16,18);2*1H. The Hall–Kier alpha value is -0.0300. The zero-order chi connectivity index (χ0) is 13.1. The number of nitrogens with zero attached hydrogens (tertiary/aromatic N) is 1. The lowest BCUT2D eigenvalue weighted by Gasteiger charge is -2.14. The van der Waals surface area contributed by atoms with Gasteiger partial charge in [-0.2, -0.15) is 0 Å². The van der Waals surface area contributed by atoms with Crippen LogP contribution in [-0.4, -0.2) is 43.5 Å². The molecule has 0 aromatic heterocycles. The second-order valence-electron chi connectivity index (χ2n) is 5.21. The number of nitrogens with one attached hydrogen (secondary N) is 1. The largest absolute Gasteiger partial charge is 0.356 e. The molecule has 1 heterocycles. The van der Waals surface area contributed by atoms with Gasteiger partial charge in [0.25, 0.3) is 0 Å². The molecule has 1 rings (SSSR count). The number of carbonyl (C=O) groups is 1. The van der Waals surface area contributed by atoms with Crippen LogP contribution >= 0.6 is 24.8 Å². The van der Waals surface area contributed by atoms with E-state index in [-0.39, 0.29) is 30.7 Å². The second kappa shape index (κ2) is 15.4. The van der Waals surface area contributed by atoms with E-state index in [1.807, 2.05) is 0 Å². The van der Waals surface area contributed by atoms with Crippen LogP contribution in [0.1, 0.15) is 51.4 Å². The topological polar surface area (TPSA) is 58.4 Å². The van der Waals surface area contributed by atoms with Crippen LogP contribution in [0, 0.1) is 0 Å². The van der Waals surface area contributed by atoms with Crippen LogP contribution in [0.2, 0.25) is 0 Å². The van der Waals surface area contributed by atoms with Crippen molar-refractivity contribution in [3.8, 4) is 0 Å². The Bertz CT molecular complexity index is 224. The molecule has 3 N–H and O–H groups in total. The van der Waals surface area contributed by atoms with E-state index in [9.17, 15) is 4.79 Å². The van der Waals surface area contributed by atoms with Crippen molar-refractivity contribution in [1.82, 2.24) is 10.2 Å². The first-order chi connectivity index (χ1) is 8.83. The maximum absolute atomic E-state index is 11.5. The Morgan fingerprint density at radius 2 is 1.65 bits per heavy atom. The SMILES string of the molecule is Cl.Cl.NCCCCCCC(=O)NCCCN1CCCC1. The number of nitrogens with two attached hydrogens (primary N) is 1. The van der Waals surface area contributed by atoms with Gasteiger partial charge in [-0.25, -0.2) is 0 Å². The van der Waals surface area contributed by atoms with Gasteiger partial charge in [0, 0.05) is 13.0 Å². The highest BCUT2D eigenvalue weighted by Crippen LogP contribution is 2.07. The van der Waals surface area contributed by atoms with Gasteiger partial charge in [-0.1, -0.05) is 12.8 Å². The summed E-state index contributed by atoms with van der Waals surface area (Å²) in [6.45, 7) is 5.22. The molecule has 0 radical (unpaired) electrons. The Balaban J connectivity index is 0. The van der Waals surface area contributed by atoms with Crippen molar-refractivity contribution in [3.05, 3.63) is 0 Å².